The van der Waals surface area contributed by atoms with Gasteiger partial charge in [0.2, 0.25) is 0 Å². The first-order valence-corrected chi connectivity index (χ1v) is 4.71. The number of aliphatic carboxylic acids is 1. The molecule has 0 amide bonds. The van der Waals surface area contributed by atoms with Crippen LogP contribution in [0.1, 0.15) is 12.5 Å². The Labute approximate surface area is 92.0 Å². The highest BCUT2D eigenvalue weighted by Gasteiger charge is 2.15. The number of nitrogens with zero attached hydrogens (tertiary/aromatic N) is 1. The third-order valence-corrected chi connectivity index (χ3v) is 2.16. The summed E-state index contributed by atoms with van der Waals surface area (Å²) in [6.45, 7) is 1.64. The number of nitrogens with one attached hydrogen (secondary N) is 1. The third kappa shape index (κ3) is 3.03. The van der Waals surface area contributed by atoms with Crippen molar-refractivity contribution in [2.75, 3.05) is 0 Å². The van der Waals surface area contributed by atoms with Crippen molar-refractivity contribution in [3.63, 3.8) is 0 Å². The summed E-state index contributed by atoms with van der Waals surface area (Å²) in [5.74, 6) is -0.987. The van der Waals surface area contributed by atoms with Crippen molar-refractivity contribution in [2.45, 2.75) is 19.5 Å². The maximum atomic E-state index is 10.7. The third-order valence-electron chi connectivity index (χ3n) is 2.16. The summed E-state index contributed by atoms with van der Waals surface area (Å²) in [5.41, 5.74) is 0.466. The molecule has 0 aliphatic carbocycles. The second-order valence-electron chi connectivity index (χ2n) is 3.33. The van der Waals surface area contributed by atoms with Crippen LogP contribution < -0.4 is 5.32 Å². The van der Waals surface area contributed by atoms with Crippen LogP contribution in [0.3, 0.4) is 0 Å². The summed E-state index contributed by atoms with van der Waals surface area (Å²) in [4.78, 5) is 20.7. The smallest absolute Gasteiger partial charge is 0.320 e. The predicted molar refractivity (Wildman–Crippen MR) is 57.0 cm³/mol. The van der Waals surface area contributed by atoms with E-state index in [-0.39, 0.29) is 12.2 Å². The molecule has 0 heterocycles. The lowest BCUT2D eigenvalue weighted by Gasteiger charge is -2.08. The van der Waals surface area contributed by atoms with Crippen molar-refractivity contribution in [1.29, 1.82) is 0 Å². The van der Waals surface area contributed by atoms with E-state index in [4.69, 9.17) is 5.11 Å². The van der Waals surface area contributed by atoms with Crippen LogP contribution in [-0.2, 0) is 11.3 Å². The van der Waals surface area contributed by atoms with E-state index in [9.17, 15) is 14.9 Å². The van der Waals surface area contributed by atoms with Crippen molar-refractivity contribution in [1.82, 2.24) is 5.32 Å². The molecule has 0 spiro atoms. The fourth-order valence-electron chi connectivity index (χ4n) is 1.19. The molecule has 1 aromatic carbocycles. The molecule has 0 aliphatic rings. The van der Waals surface area contributed by atoms with Gasteiger partial charge in [-0.15, -0.1) is 0 Å². The largest absolute Gasteiger partial charge is 0.480 e. The molecule has 0 radical (unpaired) electrons. The van der Waals surface area contributed by atoms with Crippen molar-refractivity contribution < 1.29 is 14.8 Å². The molecule has 0 unspecified atom stereocenters. The minimum absolute atomic E-state index is 0.00686. The van der Waals surface area contributed by atoms with Gasteiger partial charge in [-0.25, -0.2) is 0 Å². The van der Waals surface area contributed by atoms with Crippen LogP contribution in [0.2, 0.25) is 0 Å². The molecule has 6 heteroatoms. The molecular weight excluding hydrogens is 212 g/mol. The van der Waals surface area contributed by atoms with Crippen LogP contribution in [0.15, 0.2) is 24.3 Å². The highest BCUT2D eigenvalue weighted by Crippen LogP contribution is 2.17. The van der Waals surface area contributed by atoms with Gasteiger partial charge < -0.3 is 10.4 Å². The Kier molecular flexibility index (Phi) is 3.96. The van der Waals surface area contributed by atoms with Crippen molar-refractivity contribution in [2.24, 2.45) is 0 Å². The molecule has 2 N–H and O–H groups in total. The molecular formula is C10H12N2O4. The Balaban J connectivity index is 2.74. The van der Waals surface area contributed by atoms with Gasteiger partial charge in [0.25, 0.3) is 5.69 Å². The lowest BCUT2D eigenvalue weighted by Crippen LogP contribution is -2.33. The molecule has 0 aromatic heterocycles. The number of carbonyl (C=O) groups is 1. The maximum absolute atomic E-state index is 10.7. The monoisotopic (exact) mass is 224 g/mol. The van der Waals surface area contributed by atoms with Crippen LogP contribution in [-0.4, -0.2) is 22.0 Å². The van der Waals surface area contributed by atoms with Gasteiger partial charge in [0, 0.05) is 18.2 Å². The van der Waals surface area contributed by atoms with Gasteiger partial charge in [-0.1, -0.05) is 18.2 Å². The molecule has 0 fully saturated rings. The van der Waals surface area contributed by atoms with Crippen LogP contribution in [0.4, 0.5) is 5.69 Å². The number of carboxylic acid groups (broad SMARTS) is 1. The van der Waals surface area contributed by atoms with E-state index in [2.05, 4.69) is 5.32 Å². The fraction of sp³-hybridized carbons (Fsp3) is 0.300. The van der Waals surface area contributed by atoms with Gasteiger partial charge >= 0.3 is 5.97 Å². The number of carboxylic acids is 1. The SMILES string of the molecule is C[C@H](NCc1ccccc1[N+](=O)[O-])C(=O)O. The van der Waals surface area contributed by atoms with E-state index in [1.165, 1.54) is 13.0 Å². The van der Waals surface area contributed by atoms with Crippen LogP contribution >= 0.6 is 0 Å². The van der Waals surface area contributed by atoms with Crippen molar-refractivity contribution >= 4 is 11.7 Å². The van der Waals surface area contributed by atoms with Crippen LogP contribution in [0.5, 0.6) is 0 Å². The highest BCUT2D eigenvalue weighted by atomic mass is 16.6. The number of para-hydroxylation sites is 1. The zero-order valence-electron chi connectivity index (χ0n) is 8.71. The van der Waals surface area contributed by atoms with Gasteiger partial charge in [0.15, 0.2) is 0 Å². The van der Waals surface area contributed by atoms with E-state index < -0.39 is 16.9 Å². The Morgan fingerprint density at radius 1 is 1.56 bits per heavy atom. The Morgan fingerprint density at radius 3 is 2.75 bits per heavy atom. The van der Waals surface area contributed by atoms with Crippen LogP contribution in [0, 0.1) is 10.1 Å². The van der Waals surface area contributed by atoms with E-state index in [0.717, 1.165) is 0 Å². The summed E-state index contributed by atoms with van der Waals surface area (Å²) in [6, 6.07) is 5.50. The molecule has 1 rings (SSSR count). The highest BCUT2D eigenvalue weighted by molar-refractivity contribution is 5.72. The summed E-state index contributed by atoms with van der Waals surface area (Å²) in [5, 5.41) is 22.0. The van der Waals surface area contributed by atoms with E-state index in [0.29, 0.717) is 5.56 Å². The standard InChI is InChI=1S/C10H12N2O4/c1-7(10(13)14)11-6-8-4-2-3-5-9(8)12(15)16/h2-5,7,11H,6H2,1H3,(H,13,14)/t7-/m0/s1. The molecule has 0 bridgehead atoms. The zero-order chi connectivity index (χ0) is 12.1. The Hall–Kier alpha value is -1.95. The number of hydrogen-bond donors (Lipinski definition) is 2. The quantitative estimate of drug-likeness (QED) is 0.578. The molecule has 16 heavy (non-hydrogen) atoms. The first-order valence-electron chi connectivity index (χ1n) is 4.71. The van der Waals surface area contributed by atoms with E-state index in [1.807, 2.05) is 0 Å². The summed E-state index contributed by atoms with van der Waals surface area (Å²) >= 11 is 0. The molecule has 0 saturated heterocycles. The summed E-state index contributed by atoms with van der Waals surface area (Å²) < 4.78 is 0. The zero-order valence-corrected chi connectivity index (χ0v) is 8.71. The molecule has 0 aliphatic heterocycles. The average molecular weight is 224 g/mol. The number of nitro benzene ring substituents is 1. The minimum atomic E-state index is -0.987. The Morgan fingerprint density at radius 2 is 2.19 bits per heavy atom. The topological polar surface area (TPSA) is 92.5 Å². The predicted octanol–water partition coefficient (Wildman–Crippen LogP) is 1.16. The summed E-state index contributed by atoms with van der Waals surface area (Å²) in [7, 11) is 0. The van der Waals surface area contributed by atoms with Gasteiger partial charge in [0.05, 0.1) is 4.92 Å². The first kappa shape index (κ1) is 12.1. The van der Waals surface area contributed by atoms with Gasteiger partial charge in [0.1, 0.15) is 6.04 Å². The molecule has 86 valence electrons. The van der Waals surface area contributed by atoms with Gasteiger partial charge in [-0.05, 0) is 6.92 Å². The fourth-order valence-corrected chi connectivity index (χ4v) is 1.19. The second-order valence-corrected chi connectivity index (χ2v) is 3.33. The number of rotatable bonds is 5. The lowest BCUT2D eigenvalue weighted by molar-refractivity contribution is -0.385. The van der Waals surface area contributed by atoms with Crippen LogP contribution in [0.25, 0.3) is 0 Å². The van der Waals surface area contributed by atoms with E-state index >= 15 is 0 Å². The molecule has 0 saturated carbocycles. The maximum Gasteiger partial charge on any atom is 0.320 e. The van der Waals surface area contributed by atoms with E-state index in [1.54, 1.807) is 18.2 Å². The second kappa shape index (κ2) is 5.22. The van der Waals surface area contributed by atoms with Crippen molar-refractivity contribution in [3.8, 4) is 0 Å². The lowest BCUT2D eigenvalue weighted by atomic mass is 10.1. The number of hydrogen-bond acceptors (Lipinski definition) is 4. The number of benzene rings is 1. The molecule has 1 atom stereocenters. The minimum Gasteiger partial charge on any atom is -0.480 e. The average Bonchev–Trinajstić information content (AvgIpc) is 2.25. The molecule has 6 nitrogen and oxygen atoms in total. The molecule has 1 aromatic rings. The van der Waals surface area contributed by atoms with Crippen molar-refractivity contribution in [3.05, 3.63) is 39.9 Å². The Bertz CT molecular complexity index is 406. The normalized spacial score (nSPS) is 12.1. The van der Waals surface area contributed by atoms with Gasteiger partial charge in [-0.2, -0.15) is 0 Å². The first-order chi connectivity index (χ1) is 7.52. The van der Waals surface area contributed by atoms with Gasteiger partial charge in [-0.3, -0.25) is 14.9 Å². The number of nitro groups is 1. The summed E-state index contributed by atoms with van der Waals surface area (Å²) in [6.07, 6.45) is 0.